The fourth-order valence-corrected chi connectivity index (χ4v) is 5.20. The first kappa shape index (κ1) is 21.8. The maximum Gasteiger partial charge on any atom is 0.312 e. The molecule has 8 heteroatoms. The van der Waals surface area contributed by atoms with Crippen molar-refractivity contribution < 1.29 is 23.9 Å². The number of benzene rings is 1. The number of esters is 1. The first-order valence-corrected chi connectivity index (χ1v) is 11.2. The van der Waals surface area contributed by atoms with Crippen molar-refractivity contribution in [1.29, 1.82) is 0 Å². The molecule has 1 aromatic carbocycles. The highest BCUT2D eigenvalue weighted by Crippen LogP contribution is 2.56. The van der Waals surface area contributed by atoms with Crippen molar-refractivity contribution in [1.82, 2.24) is 5.32 Å². The van der Waals surface area contributed by atoms with Crippen LogP contribution < -0.4 is 10.2 Å². The van der Waals surface area contributed by atoms with Gasteiger partial charge in [0, 0.05) is 6.54 Å². The van der Waals surface area contributed by atoms with E-state index in [9.17, 15) is 14.4 Å². The number of carbonyl (C=O) groups excluding carboxylic acids is 3. The molecular weight excluding hydrogens is 420 g/mol. The third kappa shape index (κ3) is 3.44. The number of rotatable bonds is 8. The first-order chi connectivity index (χ1) is 15.0. The van der Waals surface area contributed by atoms with Crippen LogP contribution in [0.25, 0.3) is 0 Å². The Morgan fingerprint density at radius 1 is 1.26 bits per heavy atom. The van der Waals surface area contributed by atoms with Gasteiger partial charge in [-0.05, 0) is 25.5 Å². The minimum absolute atomic E-state index is 0.204. The molecule has 2 unspecified atom stereocenters. The zero-order valence-electron chi connectivity index (χ0n) is 17.7. The second kappa shape index (κ2) is 8.63. The highest BCUT2D eigenvalue weighted by molar-refractivity contribution is 6.34. The number of hydrogen-bond acceptors (Lipinski definition) is 5. The number of fused-ring (bicyclic) bond motifs is 1. The number of ether oxygens (including phenoxy) is 2. The van der Waals surface area contributed by atoms with Gasteiger partial charge >= 0.3 is 5.97 Å². The number of nitrogens with one attached hydrogen (secondary N) is 1. The minimum atomic E-state index is -1.23. The Morgan fingerprint density at radius 3 is 2.74 bits per heavy atom. The number of anilines is 1. The summed E-state index contributed by atoms with van der Waals surface area (Å²) in [6.07, 6.45) is 5.81. The van der Waals surface area contributed by atoms with Gasteiger partial charge in [0.1, 0.15) is 17.6 Å². The lowest BCUT2D eigenvalue weighted by Crippen LogP contribution is -2.55. The van der Waals surface area contributed by atoms with Gasteiger partial charge in [-0.3, -0.25) is 19.3 Å². The predicted molar refractivity (Wildman–Crippen MR) is 116 cm³/mol. The molecule has 31 heavy (non-hydrogen) atoms. The molecule has 1 spiro atoms. The molecular formula is C23H27ClN2O5. The zero-order chi connectivity index (χ0) is 22.2. The van der Waals surface area contributed by atoms with Crippen LogP contribution >= 0.6 is 11.6 Å². The fraction of sp³-hybridized carbons (Fsp3) is 0.522. The Balaban J connectivity index is 1.74. The summed E-state index contributed by atoms with van der Waals surface area (Å²) in [6, 6.07) is 5.92. The topological polar surface area (TPSA) is 84.9 Å². The molecule has 166 valence electrons. The van der Waals surface area contributed by atoms with Gasteiger partial charge in [0.05, 0.1) is 29.3 Å². The molecule has 2 bridgehead atoms. The summed E-state index contributed by atoms with van der Waals surface area (Å²) in [7, 11) is 0. The summed E-state index contributed by atoms with van der Waals surface area (Å²) in [4.78, 5) is 41.2. The van der Waals surface area contributed by atoms with E-state index in [1.54, 1.807) is 43.3 Å². The maximum atomic E-state index is 13.7. The van der Waals surface area contributed by atoms with Crippen LogP contribution in [0.2, 0.25) is 5.02 Å². The Labute approximate surface area is 186 Å². The molecule has 2 amide bonds. The van der Waals surface area contributed by atoms with Crippen LogP contribution in [0, 0.1) is 11.8 Å². The largest absolute Gasteiger partial charge is 0.466 e. The lowest BCUT2D eigenvalue weighted by atomic mass is 9.74. The summed E-state index contributed by atoms with van der Waals surface area (Å²) >= 11 is 6.41. The van der Waals surface area contributed by atoms with Crippen molar-refractivity contribution in [2.75, 3.05) is 18.1 Å². The first-order valence-electron chi connectivity index (χ1n) is 10.8. The number of nitrogens with zero attached hydrogens (tertiary/aromatic N) is 1. The third-order valence-corrected chi connectivity index (χ3v) is 6.59. The van der Waals surface area contributed by atoms with E-state index in [1.807, 2.05) is 0 Å². The van der Waals surface area contributed by atoms with Gasteiger partial charge < -0.3 is 14.8 Å². The van der Waals surface area contributed by atoms with Crippen molar-refractivity contribution in [2.45, 2.75) is 50.9 Å². The zero-order valence-corrected chi connectivity index (χ0v) is 18.4. The number of carbonyl (C=O) groups is 3. The van der Waals surface area contributed by atoms with Crippen molar-refractivity contribution >= 4 is 35.1 Å². The van der Waals surface area contributed by atoms with Gasteiger partial charge in [-0.25, -0.2) is 0 Å². The second-order valence-electron chi connectivity index (χ2n) is 8.11. The van der Waals surface area contributed by atoms with Gasteiger partial charge in [0.2, 0.25) is 11.8 Å². The molecule has 0 radical (unpaired) electrons. The maximum absolute atomic E-state index is 13.7. The number of unbranched alkanes of at least 4 members (excludes halogenated alkanes) is 2. The van der Waals surface area contributed by atoms with Crippen LogP contribution in [0.3, 0.4) is 0 Å². The summed E-state index contributed by atoms with van der Waals surface area (Å²) < 4.78 is 11.4. The van der Waals surface area contributed by atoms with Crippen LogP contribution in [0.15, 0.2) is 36.4 Å². The van der Waals surface area contributed by atoms with Gasteiger partial charge in [-0.2, -0.15) is 0 Å². The summed E-state index contributed by atoms with van der Waals surface area (Å²) in [5.41, 5.74) is -0.803. The van der Waals surface area contributed by atoms with Gasteiger partial charge in [-0.1, -0.05) is 55.7 Å². The second-order valence-corrected chi connectivity index (χ2v) is 8.52. The van der Waals surface area contributed by atoms with E-state index < -0.39 is 35.6 Å². The van der Waals surface area contributed by atoms with Gasteiger partial charge in [0.25, 0.3) is 0 Å². The molecule has 0 saturated carbocycles. The van der Waals surface area contributed by atoms with Gasteiger partial charge in [-0.15, -0.1) is 0 Å². The molecule has 2 saturated heterocycles. The molecule has 2 fully saturated rings. The van der Waals surface area contributed by atoms with Crippen molar-refractivity contribution in [3.8, 4) is 0 Å². The lowest BCUT2D eigenvalue weighted by molar-refractivity contribution is -0.151. The molecule has 0 aromatic heterocycles. The summed E-state index contributed by atoms with van der Waals surface area (Å²) in [5.74, 6) is -2.79. The Hall–Kier alpha value is -2.38. The Bertz CT molecular complexity index is 919. The van der Waals surface area contributed by atoms with Crippen LogP contribution in [-0.2, 0) is 23.9 Å². The quantitative estimate of drug-likeness (QED) is 0.377. The fourth-order valence-electron chi connectivity index (χ4n) is 4.97. The molecule has 5 atom stereocenters. The number of amides is 2. The Kier molecular flexibility index (Phi) is 6.08. The average Bonchev–Trinajstić information content (AvgIpc) is 3.39. The predicted octanol–water partition coefficient (Wildman–Crippen LogP) is 2.86. The smallest absolute Gasteiger partial charge is 0.312 e. The monoisotopic (exact) mass is 446 g/mol. The average molecular weight is 447 g/mol. The number of para-hydroxylation sites is 1. The third-order valence-electron chi connectivity index (χ3n) is 6.27. The van der Waals surface area contributed by atoms with E-state index in [4.69, 9.17) is 21.1 Å². The molecule has 3 aliphatic rings. The van der Waals surface area contributed by atoms with Crippen LogP contribution in [0.4, 0.5) is 5.69 Å². The van der Waals surface area contributed by atoms with Gasteiger partial charge in [0.15, 0.2) is 0 Å². The highest BCUT2D eigenvalue weighted by Gasteiger charge is 2.73. The minimum Gasteiger partial charge on any atom is -0.466 e. The van der Waals surface area contributed by atoms with E-state index in [-0.39, 0.29) is 18.4 Å². The number of halogens is 1. The molecule has 1 N–H and O–H groups in total. The van der Waals surface area contributed by atoms with Crippen LogP contribution in [0.5, 0.6) is 0 Å². The number of hydrogen-bond donors (Lipinski definition) is 1. The molecule has 0 aliphatic carbocycles. The van der Waals surface area contributed by atoms with Crippen LogP contribution in [-0.4, -0.2) is 48.7 Å². The summed E-state index contributed by atoms with van der Waals surface area (Å²) in [6.45, 7) is 4.51. The molecule has 3 aliphatic heterocycles. The standard InChI is InChI=1S/C23H27ClN2O5/c1-3-5-8-13-25-20(27)19-23-12-11-16(31-23)17(22(29)30-4-2)18(23)21(28)26(19)15-10-7-6-9-14(15)24/h6-7,9-12,16-19H,3-5,8,13H2,1-2H3,(H,25,27)/t16?,17-,18-,19+,23?/m0/s1. The van der Waals surface area contributed by atoms with E-state index in [0.29, 0.717) is 17.3 Å². The van der Waals surface area contributed by atoms with E-state index in [1.165, 1.54) is 4.90 Å². The van der Waals surface area contributed by atoms with Crippen molar-refractivity contribution in [3.63, 3.8) is 0 Å². The summed E-state index contributed by atoms with van der Waals surface area (Å²) in [5, 5.41) is 3.30. The Morgan fingerprint density at radius 2 is 2.03 bits per heavy atom. The van der Waals surface area contributed by atoms with E-state index in [0.717, 1.165) is 19.3 Å². The van der Waals surface area contributed by atoms with E-state index in [2.05, 4.69) is 12.2 Å². The van der Waals surface area contributed by atoms with Crippen molar-refractivity contribution in [2.24, 2.45) is 11.8 Å². The molecule has 1 aromatic rings. The highest BCUT2D eigenvalue weighted by atomic mass is 35.5. The normalized spacial score (nSPS) is 30.5. The lowest BCUT2D eigenvalue weighted by Gasteiger charge is -2.32. The van der Waals surface area contributed by atoms with Crippen molar-refractivity contribution in [3.05, 3.63) is 41.4 Å². The van der Waals surface area contributed by atoms with Crippen LogP contribution in [0.1, 0.15) is 33.1 Å². The molecule has 3 heterocycles. The van der Waals surface area contributed by atoms with E-state index >= 15 is 0 Å². The molecule has 4 rings (SSSR count). The SMILES string of the molecule is CCCCCNC(=O)[C@H]1N(c2ccccc2Cl)C(=O)[C@@H]2[C@@H](C(=O)OCC)C3C=CC21O3. The molecule has 7 nitrogen and oxygen atoms in total.